The summed E-state index contributed by atoms with van der Waals surface area (Å²) in [5.74, 6) is -0.938. The van der Waals surface area contributed by atoms with E-state index >= 15 is 0 Å². The molecular formula is C17H16BrF3N2O4S. The fourth-order valence-electron chi connectivity index (χ4n) is 2.15. The van der Waals surface area contributed by atoms with Crippen LogP contribution in [0.5, 0.6) is 5.75 Å². The summed E-state index contributed by atoms with van der Waals surface area (Å²) in [6, 6.07) is 11.4. The van der Waals surface area contributed by atoms with Gasteiger partial charge in [0.2, 0.25) is 15.9 Å². The van der Waals surface area contributed by atoms with Crippen molar-refractivity contribution in [3.8, 4) is 5.75 Å². The molecule has 0 saturated heterocycles. The first-order chi connectivity index (χ1) is 13.1. The number of carbonyl (C=O) groups is 1. The molecule has 2 aromatic rings. The fourth-order valence-corrected chi connectivity index (χ4v) is 3.45. The number of halogens is 4. The van der Waals surface area contributed by atoms with Crippen LogP contribution in [0.4, 0.5) is 13.2 Å². The molecule has 2 aromatic carbocycles. The number of nitrogens with one attached hydrogen (secondary N) is 2. The van der Waals surface area contributed by atoms with Gasteiger partial charge in [0.05, 0.1) is 4.90 Å². The number of carbonyl (C=O) groups excluding carboxylic acids is 1. The van der Waals surface area contributed by atoms with Crippen molar-refractivity contribution < 1.29 is 31.1 Å². The Labute approximate surface area is 168 Å². The van der Waals surface area contributed by atoms with Gasteiger partial charge in [-0.3, -0.25) is 4.79 Å². The van der Waals surface area contributed by atoms with E-state index in [4.69, 9.17) is 0 Å². The van der Waals surface area contributed by atoms with Crippen molar-refractivity contribution in [2.75, 3.05) is 6.54 Å². The maximum absolute atomic E-state index is 12.4. The molecule has 0 spiro atoms. The van der Waals surface area contributed by atoms with Crippen molar-refractivity contribution in [1.82, 2.24) is 10.0 Å². The Balaban J connectivity index is 1.84. The van der Waals surface area contributed by atoms with E-state index in [1.807, 2.05) is 0 Å². The molecule has 0 aromatic heterocycles. The van der Waals surface area contributed by atoms with E-state index in [2.05, 4.69) is 30.7 Å². The van der Waals surface area contributed by atoms with Gasteiger partial charge in [0.25, 0.3) is 0 Å². The normalized spacial score (nSPS) is 11.9. The molecule has 0 aliphatic rings. The molecule has 11 heteroatoms. The summed E-state index contributed by atoms with van der Waals surface area (Å²) in [7, 11) is -3.76. The zero-order chi connectivity index (χ0) is 20.8. The van der Waals surface area contributed by atoms with E-state index < -0.39 is 28.0 Å². The molecule has 0 radical (unpaired) electrons. The lowest BCUT2D eigenvalue weighted by Crippen LogP contribution is -2.30. The zero-order valence-electron chi connectivity index (χ0n) is 14.3. The van der Waals surface area contributed by atoms with Crippen LogP contribution in [-0.4, -0.2) is 27.2 Å². The van der Waals surface area contributed by atoms with Crippen LogP contribution in [0.25, 0.3) is 0 Å². The van der Waals surface area contributed by atoms with Gasteiger partial charge in [-0.1, -0.05) is 34.1 Å². The molecule has 28 heavy (non-hydrogen) atoms. The minimum Gasteiger partial charge on any atom is -0.405 e. The first-order valence-electron chi connectivity index (χ1n) is 7.92. The highest BCUT2D eigenvalue weighted by molar-refractivity contribution is 9.10. The van der Waals surface area contributed by atoms with Crippen LogP contribution in [0.1, 0.15) is 12.0 Å². The van der Waals surface area contributed by atoms with E-state index in [0.717, 1.165) is 10.5 Å². The van der Waals surface area contributed by atoms with E-state index in [9.17, 15) is 26.4 Å². The number of alkyl halides is 3. The molecule has 1 amide bonds. The average molecular weight is 481 g/mol. The van der Waals surface area contributed by atoms with Gasteiger partial charge < -0.3 is 10.1 Å². The summed E-state index contributed by atoms with van der Waals surface area (Å²) >= 11 is 3.20. The highest BCUT2D eigenvalue weighted by Crippen LogP contribution is 2.26. The molecule has 0 atom stereocenters. The van der Waals surface area contributed by atoms with Gasteiger partial charge in [-0.2, -0.15) is 0 Å². The van der Waals surface area contributed by atoms with Crippen molar-refractivity contribution in [3.05, 3.63) is 58.6 Å². The maximum Gasteiger partial charge on any atom is 0.573 e. The molecule has 0 aliphatic carbocycles. The minimum absolute atomic E-state index is 0.0503. The van der Waals surface area contributed by atoms with Crippen molar-refractivity contribution >= 4 is 31.9 Å². The number of amides is 1. The topological polar surface area (TPSA) is 84.5 Å². The predicted molar refractivity (Wildman–Crippen MR) is 98.9 cm³/mol. The minimum atomic E-state index is -4.84. The van der Waals surface area contributed by atoms with Crippen LogP contribution < -0.4 is 14.8 Å². The summed E-state index contributed by atoms with van der Waals surface area (Å²) in [5.41, 5.74) is 0.142. The summed E-state index contributed by atoms with van der Waals surface area (Å²) < 4.78 is 68.3. The lowest BCUT2D eigenvalue weighted by Gasteiger charge is -2.13. The summed E-state index contributed by atoms with van der Waals surface area (Å²) in [6.45, 7) is -0.352. The van der Waals surface area contributed by atoms with Crippen molar-refractivity contribution in [2.24, 2.45) is 0 Å². The molecule has 152 valence electrons. The second kappa shape index (κ2) is 9.39. The number of hydrogen-bond donors (Lipinski definition) is 2. The van der Waals surface area contributed by atoms with Gasteiger partial charge in [0.1, 0.15) is 5.75 Å². The standard InChI is InChI=1S/C17H16BrF3N2O4S/c18-13-5-7-14(8-6-13)28(25,26)23-10-9-16(24)22-11-12-3-1-2-4-15(12)27-17(19,20)21/h1-8,23H,9-11H2,(H,22,24). The Kier molecular flexibility index (Phi) is 7.44. The van der Waals surface area contributed by atoms with Crippen molar-refractivity contribution in [1.29, 1.82) is 0 Å². The highest BCUT2D eigenvalue weighted by Gasteiger charge is 2.31. The monoisotopic (exact) mass is 480 g/mol. The van der Waals surface area contributed by atoms with Crippen LogP contribution in [-0.2, 0) is 21.4 Å². The SMILES string of the molecule is O=C(CCNS(=O)(=O)c1ccc(Br)cc1)NCc1ccccc1OC(F)(F)F. The smallest absolute Gasteiger partial charge is 0.405 e. The van der Waals surface area contributed by atoms with Gasteiger partial charge in [0.15, 0.2) is 0 Å². The zero-order valence-corrected chi connectivity index (χ0v) is 16.7. The Morgan fingerprint density at radius 3 is 2.36 bits per heavy atom. The van der Waals surface area contributed by atoms with E-state index in [0.29, 0.717) is 0 Å². The van der Waals surface area contributed by atoms with Crippen LogP contribution in [0.2, 0.25) is 0 Å². The Morgan fingerprint density at radius 1 is 1.07 bits per heavy atom. The van der Waals surface area contributed by atoms with Gasteiger partial charge in [-0.25, -0.2) is 13.1 Å². The molecule has 6 nitrogen and oxygen atoms in total. The molecule has 0 unspecified atom stereocenters. The van der Waals surface area contributed by atoms with Crippen molar-refractivity contribution in [2.45, 2.75) is 24.2 Å². The largest absolute Gasteiger partial charge is 0.573 e. The van der Waals surface area contributed by atoms with Crippen LogP contribution >= 0.6 is 15.9 Å². The van der Waals surface area contributed by atoms with Gasteiger partial charge in [0, 0.05) is 29.5 Å². The molecular weight excluding hydrogens is 465 g/mol. The van der Waals surface area contributed by atoms with E-state index in [1.54, 1.807) is 12.1 Å². The fraction of sp³-hybridized carbons (Fsp3) is 0.235. The third kappa shape index (κ3) is 7.13. The third-order valence-corrected chi connectivity index (χ3v) is 5.45. The van der Waals surface area contributed by atoms with E-state index in [1.165, 1.54) is 30.3 Å². The van der Waals surface area contributed by atoms with E-state index in [-0.39, 0.29) is 30.0 Å². The number of sulfonamides is 1. The molecule has 0 heterocycles. The summed E-state index contributed by atoms with van der Waals surface area (Å²) in [4.78, 5) is 11.9. The third-order valence-electron chi connectivity index (χ3n) is 3.44. The molecule has 0 aliphatic heterocycles. The Hall–Kier alpha value is -2.11. The lowest BCUT2D eigenvalue weighted by atomic mass is 10.2. The lowest BCUT2D eigenvalue weighted by molar-refractivity contribution is -0.274. The second-order valence-corrected chi connectivity index (χ2v) is 8.22. The number of benzene rings is 2. The quantitative estimate of drug-likeness (QED) is 0.606. The summed E-state index contributed by atoms with van der Waals surface area (Å²) in [6.07, 6.45) is -5.02. The van der Waals surface area contributed by atoms with Crippen LogP contribution in [0, 0.1) is 0 Å². The number of ether oxygens (including phenoxy) is 1. The molecule has 0 saturated carbocycles. The summed E-state index contributed by atoms with van der Waals surface area (Å²) in [5, 5.41) is 2.43. The predicted octanol–water partition coefficient (Wildman–Crippen LogP) is 3.33. The first-order valence-corrected chi connectivity index (χ1v) is 10.2. The molecule has 2 rings (SSSR count). The molecule has 2 N–H and O–H groups in total. The number of hydrogen-bond acceptors (Lipinski definition) is 4. The Bertz CT molecular complexity index is 919. The van der Waals surface area contributed by atoms with Crippen LogP contribution in [0.15, 0.2) is 57.9 Å². The molecule has 0 bridgehead atoms. The first kappa shape index (κ1) is 22.2. The van der Waals surface area contributed by atoms with Gasteiger partial charge in [-0.15, -0.1) is 13.2 Å². The van der Waals surface area contributed by atoms with Crippen LogP contribution in [0.3, 0.4) is 0 Å². The highest BCUT2D eigenvalue weighted by atomic mass is 79.9. The average Bonchev–Trinajstić information content (AvgIpc) is 2.60. The molecule has 0 fully saturated rings. The van der Waals surface area contributed by atoms with Crippen molar-refractivity contribution in [3.63, 3.8) is 0 Å². The number of para-hydroxylation sites is 1. The Morgan fingerprint density at radius 2 is 1.71 bits per heavy atom. The second-order valence-electron chi connectivity index (χ2n) is 5.53. The number of rotatable bonds is 8. The van der Waals surface area contributed by atoms with Gasteiger partial charge >= 0.3 is 6.36 Å². The van der Waals surface area contributed by atoms with Gasteiger partial charge in [-0.05, 0) is 30.3 Å². The maximum atomic E-state index is 12.4.